The summed E-state index contributed by atoms with van der Waals surface area (Å²) in [5.41, 5.74) is 5.88. The molecule has 1 aromatic rings. The summed E-state index contributed by atoms with van der Waals surface area (Å²) in [6.07, 6.45) is 3.31. The van der Waals surface area contributed by atoms with E-state index in [9.17, 15) is 14.7 Å². The summed E-state index contributed by atoms with van der Waals surface area (Å²) < 4.78 is 5.98. The van der Waals surface area contributed by atoms with E-state index in [0.29, 0.717) is 18.6 Å². The Kier molecular flexibility index (Phi) is 6.88. The largest absolute Gasteiger partial charge is 0.485 e. The third kappa shape index (κ3) is 4.65. The second kappa shape index (κ2) is 9.45. The predicted octanol–water partition coefficient (Wildman–Crippen LogP) is 3.29. The second-order valence-electron chi connectivity index (χ2n) is 10.9. The number of ether oxygens (including phenoxy) is 1. The molecule has 3 aliphatic rings. The Bertz CT molecular complexity index is 1000. The van der Waals surface area contributed by atoms with Crippen LogP contribution in [0.25, 0.3) is 0 Å². The summed E-state index contributed by atoms with van der Waals surface area (Å²) in [6.45, 7) is 9.80. The number of para-hydroxylation sites is 1. The lowest BCUT2D eigenvalue weighted by atomic mass is 9.86. The molecule has 0 radical (unpaired) electrons. The van der Waals surface area contributed by atoms with E-state index in [4.69, 9.17) is 15.5 Å². The number of hydrogen-bond donors (Lipinski definition) is 3. The number of aliphatic imine (C=N–C) groups is 1. The normalized spacial score (nSPS) is 29.5. The van der Waals surface area contributed by atoms with Crippen LogP contribution in [0.2, 0.25) is 0 Å². The molecule has 2 heterocycles. The lowest BCUT2D eigenvalue weighted by Gasteiger charge is -2.42. The van der Waals surface area contributed by atoms with Crippen LogP contribution in [0.15, 0.2) is 29.3 Å². The fraction of sp³-hybridized carbons (Fsp3) is 0.667. The number of carbonyl (C=O) groups is 2. The molecule has 192 valence electrons. The van der Waals surface area contributed by atoms with Gasteiger partial charge < -0.3 is 20.9 Å². The Balaban J connectivity index is 1.52. The van der Waals surface area contributed by atoms with Crippen molar-refractivity contribution in [2.45, 2.75) is 102 Å². The van der Waals surface area contributed by atoms with Gasteiger partial charge in [-0.2, -0.15) is 0 Å². The molecule has 3 unspecified atom stereocenters. The molecule has 2 aliphatic heterocycles. The Hall–Kier alpha value is -2.61. The van der Waals surface area contributed by atoms with Crippen LogP contribution < -0.4 is 15.8 Å². The van der Waals surface area contributed by atoms with Gasteiger partial charge in [-0.15, -0.1) is 0 Å². The van der Waals surface area contributed by atoms with Gasteiger partial charge in [-0.05, 0) is 51.5 Å². The van der Waals surface area contributed by atoms with Gasteiger partial charge in [0.25, 0.3) is 0 Å². The number of nitrogens with zero attached hydrogens (tertiary/aromatic N) is 2. The molecule has 0 aromatic heterocycles. The van der Waals surface area contributed by atoms with Gasteiger partial charge in [-0.1, -0.05) is 45.4 Å². The van der Waals surface area contributed by atoms with Crippen molar-refractivity contribution in [3.05, 3.63) is 29.8 Å². The molecule has 4 rings (SSSR count). The Morgan fingerprint density at radius 3 is 2.60 bits per heavy atom. The summed E-state index contributed by atoms with van der Waals surface area (Å²) in [5.74, 6) is 0.628. The topological polar surface area (TPSA) is 117 Å². The molecule has 0 saturated heterocycles. The SMILES string of the molecule is CCC[C@H](C1CC1C(=O)N[C@H]1c2ccccc2OC(C)(C)C1O)N1C(=O)CC(CC)(CC)N=C1N. The van der Waals surface area contributed by atoms with Gasteiger partial charge in [-0.3, -0.25) is 14.5 Å². The minimum absolute atomic E-state index is 0.00115. The van der Waals surface area contributed by atoms with Crippen LogP contribution >= 0.6 is 0 Å². The molecule has 0 bridgehead atoms. The number of aliphatic hydroxyl groups excluding tert-OH is 1. The minimum atomic E-state index is -0.896. The van der Waals surface area contributed by atoms with Gasteiger partial charge in [0.15, 0.2) is 5.96 Å². The van der Waals surface area contributed by atoms with Crippen LogP contribution in [0.5, 0.6) is 5.75 Å². The molecule has 1 aromatic carbocycles. The van der Waals surface area contributed by atoms with Gasteiger partial charge in [-0.25, -0.2) is 4.99 Å². The van der Waals surface area contributed by atoms with Crippen LogP contribution in [-0.4, -0.2) is 51.1 Å². The van der Waals surface area contributed by atoms with Gasteiger partial charge in [0, 0.05) is 17.5 Å². The summed E-state index contributed by atoms with van der Waals surface area (Å²) in [5, 5.41) is 14.1. The molecule has 35 heavy (non-hydrogen) atoms. The number of rotatable bonds is 8. The molecule has 4 N–H and O–H groups in total. The molecule has 1 fully saturated rings. The molecule has 8 heteroatoms. The fourth-order valence-electron chi connectivity index (χ4n) is 5.78. The van der Waals surface area contributed by atoms with Crippen molar-refractivity contribution in [1.82, 2.24) is 10.2 Å². The van der Waals surface area contributed by atoms with Crippen molar-refractivity contribution < 1.29 is 19.4 Å². The highest BCUT2D eigenvalue weighted by atomic mass is 16.5. The molecule has 5 atom stereocenters. The summed E-state index contributed by atoms with van der Waals surface area (Å²) in [4.78, 5) is 33.0. The number of amides is 2. The highest BCUT2D eigenvalue weighted by molar-refractivity contribution is 5.99. The first kappa shape index (κ1) is 25.5. The van der Waals surface area contributed by atoms with Crippen molar-refractivity contribution in [1.29, 1.82) is 0 Å². The van der Waals surface area contributed by atoms with Crippen molar-refractivity contribution in [2.75, 3.05) is 0 Å². The molecule has 1 saturated carbocycles. The zero-order chi connectivity index (χ0) is 25.5. The zero-order valence-electron chi connectivity index (χ0n) is 21.6. The van der Waals surface area contributed by atoms with Crippen molar-refractivity contribution >= 4 is 17.8 Å². The summed E-state index contributed by atoms with van der Waals surface area (Å²) in [7, 11) is 0. The van der Waals surface area contributed by atoms with Gasteiger partial charge >= 0.3 is 0 Å². The van der Waals surface area contributed by atoms with Crippen molar-refractivity contribution in [3.63, 3.8) is 0 Å². The predicted molar refractivity (Wildman–Crippen MR) is 135 cm³/mol. The Labute approximate surface area is 208 Å². The van der Waals surface area contributed by atoms with E-state index in [1.54, 1.807) is 4.90 Å². The zero-order valence-corrected chi connectivity index (χ0v) is 21.6. The maximum Gasteiger partial charge on any atom is 0.231 e. The smallest absolute Gasteiger partial charge is 0.231 e. The first-order valence-electron chi connectivity index (χ1n) is 13.0. The first-order chi connectivity index (χ1) is 16.6. The first-order valence-corrected chi connectivity index (χ1v) is 13.0. The van der Waals surface area contributed by atoms with E-state index in [1.165, 1.54) is 0 Å². The molecular formula is C27H40N4O4. The Morgan fingerprint density at radius 2 is 1.97 bits per heavy atom. The third-order valence-electron chi connectivity index (χ3n) is 8.20. The van der Waals surface area contributed by atoms with Crippen LogP contribution in [0.3, 0.4) is 0 Å². The fourth-order valence-corrected chi connectivity index (χ4v) is 5.78. The van der Waals surface area contributed by atoms with Crippen LogP contribution in [0.1, 0.15) is 84.7 Å². The number of guanidine groups is 1. The van der Waals surface area contributed by atoms with Gasteiger partial charge in [0.1, 0.15) is 17.5 Å². The summed E-state index contributed by atoms with van der Waals surface area (Å²) >= 11 is 0. The second-order valence-corrected chi connectivity index (χ2v) is 10.9. The number of carbonyl (C=O) groups excluding carboxylic acids is 2. The average Bonchev–Trinajstić information content (AvgIpc) is 3.61. The minimum Gasteiger partial charge on any atom is -0.485 e. The van der Waals surface area contributed by atoms with Crippen LogP contribution in [0, 0.1) is 11.8 Å². The number of aliphatic hydroxyl groups is 1. The number of nitrogens with two attached hydrogens (primary N) is 1. The van der Waals surface area contributed by atoms with Crippen molar-refractivity contribution in [3.8, 4) is 5.75 Å². The number of fused-ring (bicyclic) bond motifs is 1. The van der Waals surface area contributed by atoms with Crippen molar-refractivity contribution in [2.24, 2.45) is 22.6 Å². The standard InChI is InChI=1S/C27H40N4O4/c1-6-11-19(31-21(32)15-27(7-2,8-3)30-25(31)28)17-14-18(17)24(34)29-22-16-12-9-10-13-20(16)35-26(4,5)23(22)33/h9-10,12-13,17-19,22-23,33H,6-8,11,14-15H2,1-5H3,(H2,28,30)(H,29,34)/t17?,18?,19-,22+,23?/m1/s1. The monoisotopic (exact) mass is 484 g/mol. The molecule has 1 aliphatic carbocycles. The van der Waals surface area contributed by atoms with Crippen LogP contribution in [0.4, 0.5) is 0 Å². The molecule has 2 amide bonds. The van der Waals surface area contributed by atoms with Gasteiger partial charge in [0.2, 0.25) is 11.8 Å². The average molecular weight is 485 g/mol. The Morgan fingerprint density at radius 1 is 1.29 bits per heavy atom. The van der Waals surface area contributed by atoms with Gasteiger partial charge in [0.05, 0.1) is 18.0 Å². The number of hydrogen-bond acceptors (Lipinski definition) is 6. The maximum atomic E-state index is 13.4. The highest BCUT2D eigenvalue weighted by Gasteiger charge is 2.53. The van der Waals surface area contributed by atoms with E-state index in [0.717, 1.165) is 31.2 Å². The van der Waals surface area contributed by atoms with E-state index in [1.807, 2.05) is 52.0 Å². The molecule has 0 spiro atoms. The number of benzene rings is 1. The quantitative estimate of drug-likeness (QED) is 0.523. The number of nitrogens with one attached hydrogen (secondary N) is 1. The van der Waals surface area contributed by atoms with E-state index in [-0.39, 0.29) is 35.7 Å². The highest BCUT2D eigenvalue weighted by Crippen LogP contribution is 2.47. The third-order valence-corrected chi connectivity index (χ3v) is 8.20. The lowest BCUT2D eigenvalue weighted by Crippen LogP contribution is -2.56. The van der Waals surface area contributed by atoms with E-state index in [2.05, 4.69) is 12.2 Å². The lowest BCUT2D eigenvalue weighted by molar-refractivity contribution is -0.133. The van der Waals surface area contributed by atoms with E-state index >= 15 is 0 Å². The summed E-state index contributed by atoms with van der Waals surface area (Å²) in [6, 6.07) is 6.77. The van der Waals surface area contributed by atoms with E-state index < -0.39 is 23.3 Å². The van der Waals surface area contributed by atoms with Crippen LogP contribution in [-0.2, 0) is 9.59 Å². The maximum absolute atomic E-state index is 13.4. The molecular weight excluding hydrogens is 444 g/mol. The molecule has 8 nitrogen and oxygen atoms in total.